The van der Waals surface area contributed by atoms with E-state index in [2.05, 4.69) is 24.1 Å². The predicted molar refractivity (Wildman–Crippen MR) is 67.8 cm³/mol. The highest BCUT2D eigenvalue weighted by atomic mass is 32.1. The van der Waals surface area contributed by atoms with Gasteiger partial charge < -0.3 is 5.32 Å². The summed E-state index contributed by atoms with van der Waals surface area (Å²) in [5.74, 6) is -0.0516. The van der Waals surface area contributed by atoms with Gasteiger partial charge in [0.1, 0.15) is 5.69 Å². The number of thiazole rings is 1. The van der Waals surface area contributed by atoms with Crippen LogP contribution < -0.4 is 5.32 Å². The number of carbonyl (C=O) groups is 1. The van der Waals surface area contributed by atoms with E-state index in [1.807, 2.05) is 0 Å². The molecule has 0 radical (unpaired) electrons. The molecule has 0 aliphatic heterocycles. The van der Waals surface area contributed by atoms with E-state index in [-0.39, 0.29) is 11.9 Å². The largest absolute Gasteiger partial charge is 0.348 e. The highest BCUT2D eigenvalue weighted by molar-refractivity contribution is 7.07. The van der Waals surface area contributed by atoms with Gasteiger partial charge in [0.25, 0.3) is 5.91 Å². The van der Waals surface area contributed by atoms with Crippen molar-refractivity contribution in [1.29, 1.82) is 0 Å². The molecule has 0 bridgehead atoms. The summed E-state index contributed by atoms with van der Waals surface area (Å²) in [4.78, 5) is 15.6. The second-order valence-electron chi connectivity index (χ2n) is 4.10. The summed E-state index contributed by atoms with van der Waals surface area (Å²) in [7, 11) is 0. The average molecular weight is 240 g/mol. The van der Waals surface area contributed by atoms with Gasteiger partial charge in [-0.15, -0.1) is 11.3 Å². The second kappa shape index (κ2) is 7.39. The monoisotopic (exact) mass is 240 g/mol. The number of aromatic nitrogens is 1. The van der Waals surface area contributed by atoms with E-state index in [9.17, 15) is 4.79 Å². The number of hydrogen-bond donors (Lipinski definition) is 1. The minimum absolute atomic E-state index is 0.0516. The quantitative estimate of drug-likeness (QED) is 0.743. The molecular formula is C12H20N2OS. The average Bonchev–Trinajstić information content (AvgIpc) is 2.77. The lowest BCUT2D eigenvalue weighted by Crippen LogP contribution is -2.32. The Morgan fingerprint density at radius 3 is 2.94 bits per heavy atom. The van der Waals surface area contributed by atoms with Crippen molar-refractivity contribution in [2.75, 3.05) is 0 Å². The predicted octanol–water partition coefficient (Wildman–Crippen LogP) is 3.23. The van der Waals surface area contributed by atoms with Gasteiger partial charge in [-0.1, -0.05) is 32.6 Å². The molecule has 0 aliphatic rings. The molecule has 0 aliphatic carbocycles. The number of carbonyl (C=O) groups excluding carboxylic acids is 1. The molecular weight excluding hydrogens is 220 g/mol. The first kappa shape index (κ1) is 13.2. The number of hydrogen-bond acceptors (Lipinski definition) is 3. The van der Waals surface area contributed by atoms with Gasteiger partial charge >= 0.3 is 0 Å². The molecule has 3 nitrogen and oxygen atoms in total. The van der Waals surface area contributed by atoms with Gasteiger partial charge in [-0.2, -0.15) is 0 Å². The third-order valence-electron chi connectivity index (χ3n) is 2.53. The van der Waals surface area contributed by atoms with Gasteiger partial charge in [-0.05, 0) is 13.3 Å². The van der Waals surface area contributed by atoms with Crippen LogP contribution in [0.2, 0.25) is 0 Å². The zero-order valence-corrected chi connectivity index (χ0v) is 10.8. The van der Waals surface area contributed by atoms with Crippen molar-refractivity contribution in [2.24, 2.45) is 0 Å². The van der Waals surface area contributed by atoms with E-state index in [1.165, 1.54) is 37.0 Å². The Labute approximate surface area is 101 Å². The molecule has 1 heterocycles. The molecule has 0 saturated carbocycles. The lowest BCUT2D eigenvalue weighted by molar-refractivity contribution is 0.0933. The SMILES string of the molecule is CCCCCCC(C)NC(=O)c1cscn1. The Morgan fingerprint density at radius 1 is 1.50 bits per heavy atom. The maximum Gasteiger partial charge on any atom is 0.270 e. The standard InChI is InChI=1S/C12H20N2OS/c1-3-4-5-6-7-10(2)14-12(15)11-8-16-9-13-11/h8-10H,3-7H2,1-2H3,(H,14,15). The van der Waals surface area contributed by atoms with Gasteiger partial charge in [0.15, 0.2) is 0 Å². The maximum atomic E-state index is 11.6. The van der Waals surface area contributed by atoms with Crippen molar-refractivity contribution in [2.45, 2.75) is 52.0 Å². The molecule has 90 valence electrons. The Morgan fingerprint density at radius 2 is 2.31 bits per heavy atom. The fraction of sp³-hybridized carbons (Fsp3) is 0.667. The summed E-state index contributed by atoms with van der Waals surface area (Å²) >= 11 is 1.45. The number of nitrogens with one attached hydrogen (secondary N) is 1. The topological polar surface area (TPSA) is 42.0 Å². The van der Waals surface area contributed by atoms with Crippen LogP contribution in [0, 0.1) is 0 Å². The zero-order chi connectivity index (χ0) is 11.8. The van der Waals surface area contributed by atoms with Crippen molar-refractivity contribution in [3.8, 4) is 0 Å². The fourth-order valence-electron chi connectivity index (χ4n) is 1.57. The maximum absolute atomic E-state index is 11.6. The number of rotatable bonds is 7. The molecule has 0 saturated heterocycles. The third-order valence-corrected chi connectivity index (χ3v) is 3.12. The molecule has 1 amide bonds. The lowest BCUT2D eigenvalue weighted by atomic mass is 10.1. The van der Waals surface area contributed by atoms with Gasteiger partial charge in [-0.25, -0.2) is 4.98 Å². The summed E-state index contributed by atoms with van der Waals surface area (Å²) in [6.07, 6.45) is 6.03. The molecule has 1 unspecified atom stereocenters. The number of nitrogens with zero attached hydrogens (tertiary/aromatic N) is 1. The van der Waals surface area contributed by atoms with E-state index in [4.69, 9.17) is 0 Å². The molecule has 1 aromatic rings. The molecule has 0 fully saturated rings. The van der Waals surface area contributed by atoms with E-state index in [0.717, 1.165) is 6.42 Å². The Balaban J connectivity index is 2.19. The van der Waals surface area contributed by atoms with Crippen LogP contribution in [-0.4, -0.2) is 16.9 Å². The van der Waals surface area contributed by atoms with Crippen LogP contribution in [0.4, 0.5) is 0 Å². The van der Waals surface area contributed by atoms with E-state index in [0.29, 0.717) is 5.69 Å². The summed E-state index contributed by atoms with van der Waals surface area (Å²) < 4.78 is 0. The van der Waals surface area contributed by atoms with E-state index >= 15 is 0 Å². The van der Waals surface area contributed by atoms with Crippen molar-refractivity contribution in [1.82, 2.24) is 10.3 Å². The van der Waals surface area contributed by atoms with Crippen LogP contribution in [0.15, 0.2) is 10.9 Å². The second-order valence-corrected chi connectivity index (χ2v) is 4.82. The van der Waals surface area contributed by atoms with Gasteiger partial charge in [0, 0.05) is 11.4 Å². The summed E-state index contributed by atoms with van der Waals surface area (Å²) in [5.41, 5.74) is 2.21. The van der Waals surface area contributed by atoms with Gasteiger partial charge in [0.05, 0.1) is 5.51 Å². The first-order valence-electron chi connectivity index (χ1n) is 5.93. The van der Waals surface area contributed by atoms with E-state index in [1.54, 1.807) is 10.9 Å². The van der Waals surface area contributed by atoms with Crippen LogP contribution in [0.1, 0.15) is 56.4 Å². The van der Waals surface area contributed by atoms with Crippen LogP contribution in [-0.2, 0) is 0 Å². The summed E-state index contributed by atoms with van der Waals surface area (Å²) in [6, 6.07) is 0.242. The lowest BCUT2D eigenvalue weighted by Gasteiger charge is -2.12. The Kier molecular flexibility index (Phi) is 6.08. The van der Waals surface area contributed by atoms with Gasteiger partial charge in [0.2, 0.25) is 0 Å². The highest BCUT2D eigenvalue weighted by Gasteiger charge is 2.10. The van der Waals surface area contributed by atoms with E-state index < -0.39 is 0 Å². The summed E-state index contributed by atoms with van der Waals surface area (Å²) in [5, 5.41) is 4.74. The normalized spacial score (nSPS) is 12.4. The molecule has 4 heteroatoms. The smallest absolute Gasteiger partial charge is 0.270 e. The minimum Gasteiger partial charge on any atom is -0.348 e. The molecule has 1 rings (SSSR count). The van der Waals surface area contributed by atoms with Gasteiger partial charge in [-0.3, -0.25) is 4.79 Å². The zero-order valence-electron chi connectivity index (χ0n) is 10.0. The number of unbranched alkanes of at least 4 members (excludes halogenated alkanes) is 3. The van der Waals surface area contributed by atoms with Crippen molar-refractivity contribution in [3.05, 3.63) is 16.6 Å². The molecule has 16 heavy (non-hydrogen) atoms. The Hall–Kier alpha value is -0.900. The highest BCUT2D eigenvalue weighted by Crippen LogP contribution is 2.06. The third kappa shape index (κ3) is 4.75. The Bertz CT molecular complexity index is 298. The molecule has 0 spiro atoms. The molecule has 1 N–H and O–H groups in total. The first-order valence-corrected chi connectivity index (χ1v) is 6.87. The molecule has 1 aromatic heterocycles. The fourth-order valence-corrected chi connectivity index (χ4v) is 2.10. The van der Waals surface area contributed by atoms with Crippen LogP contribution in [0.3, 0.4) is 0 Å². The number of amides is 1. The van der Waals surface area contributed by atoms with Crippen LogP contribution in [0.5, 0.6) is 0 Å². The van der Waals surface area contributed by atoms with Crippen molar-refractivity contribution >= 4 is 17.2 Å². The van der Waals surface area contributed by atoms with Crippen molar-refractivity contribution < 1.29 is 4.79 Å². The van der Waals surface area contributed by atoms with Crippen LogP contribution >= 0.6 is 11.3 Å². The molecule has 0 aromatic carbocycles. The van der Waals surface area contributed by atoms with Crippen molar-refractivity contribution in [3.63, 3.8) is 0 Å². The minimum atomic E-state index is -0.0516. The summed E-state index contributed by atoms with van der Waals surface area (Å²) in [6.45, 7) is 4.25. The first-order chi connectivity index (χ1) is 7.74. The van der Waals surface area contributed by atoms with Crippen LogP contribution in [0.25, 0.3) is 0 Å². The molecule has 1 atom stereocenters.